The average molecular weight is 643 g/mol. The summed E-state index contributed by atoms with van der Waals surface area (Å²) in [6.07, 6.45) is 0. The van der Waals surface area contributed by atoms with Crippen LogP contribution in [0.4, 0.5) is 0 Å². The van der Waals surface area contributed by atoms with Crippen molar-refractivity contribution in [3.05, 3.63) is 96.6 Å². The molecule has 0 aliphatic carbocycles. The zero-order chi connectivity index (χ0) is 29.5. The van der Waals surface area contributed by atoms with Crippen LogP contribution in [0.25, 0.3) is 53.9 Å². The third-order valence-corrected chi connectivity index (χ3v) is 65.0. The fraction of sp³-hybridized carbons (Fsp3) is 0.188. The van der Waals surface area contributed by atoms with Gasteiger partial charge in [0, 0.05) is 28.4 Å². The highest BCUT2D eigenvalue weighted by atomic mass is 29.9. The molecule has 1 aliphatic rings. The summed E-state index contributed by atoms with van der Waals surface area (Å²) >= 11 is 0. The molecule has 0 amide bonds. The Morgan fingerprint density at radius 3 is 1.76 bits per heavy atom. The predicted molar refractivity (Wildman–Crippen MR) is 189 cm³/mol. The van der Waals surface area contributed by atoms with E-state index in [0.717, 1.165) is 0 Å². The number of benzene rings is 6. The van der Waals surface area contributed by atoms with E-state index in [1.165, 1.54) is 59.4 Å². The van der Waals surface area contributed by atoms with E-state index in [1.807, 2.05) is 0 Å². The molecule has 0 bridgehead atoms. The van der Waals surface area contributed by atoms with Gasteiger partial charge in [0.25, 0.3) is 0 Å². The van der Waals surface area contributed by atoms with Crippen molar-refractivity contribution in [3.63, 3.8) is 0 Å². The van der Waals surface area contributed by atoms with Crippen LogP contribution in [0.2, 0.25) is 6.55 Å². The van der Waals surface area contributed by atoms with Crippen LogP contribution in [-0.4, -0.2) is 70.0 Å². The van der Waals surface area contributed by atoms with Crippen LogP contribution in [0, 0.1) is 6.92 Å². The Hall–Kier alpha value is -2.50. The van der Waals surface area contributed by atoms with Crippen molar-refractivity contribution in [2.24, 2.45) is 0 Å². The zero-order valence-corrected chi connectivity index (χ0v) is 31.2. The van der Waals surface area contributed by atoms with Gasteiger partial charge in [-0.05, 0) is 103 Å². The molecule has 2 unspecified atom stereocenters. The third kappa shape index (κ3) is 4.85. The first-order valence-corrected chi connectivity index (χ1v) is 29.6. The number of rotatable bonds is 4. The van der Waals surface area contributed by atoms with Crippen molar-refractivity contribution >= 4 is 95.4 Å². The minimum absolute atomic E-state index is 0.182. The summed E-state index contributed by atoms with van der Waals surface area (Å²) in [6.45, 7) is 4.32. The van der Waals surface area contributed by atoms with Gasteiger partial charge in [-0.15, -0.1) is 0 Å². The SMILES string of the molecule is CO[SiH]1[SiH2][SiH2]O[Si](C)(OC)[Si]1(OC)OC.Cc1c2ccccc2cc2cc3c(ccc4cc5ccccc5cc43)cc12. The minimum atomic E-state index is -2.31. The molecule has 2 atom stereocenters. The van der Waals surface area contributed by atoms with Crippen LogP contribution in [0.1, 0.15) is 5.56 Å². The minimum Gasteiger partial charge on any atom is -0.444 e. The molecule has 1 aliphatic heterocycles. The summed E-state index contributed by atoms with van der Waals surface area (Å²) in [5.41, 5.74) is 1.36. The van der Waals surface area contributed by atoms with Crippen LogP contribution < -0.4 is 0 Å². The van der Waals surface area contributed by atoms with Crippen LogP contribution in [0.3, 0.4) is 0 Å². The average Bonchev–Trinajstić information content (AvgIpc) is 3.03. The molecule has 0 spiro atoms. The molecule has 5 nitrogen and oxygen atoms in total. The van der Waals surface area contributed by atoms with Gasteiger partial charge in [0.1, 0.15) is 9.28 Å². The lowest BCUT2D eigenvalue weighted by Crippen LogP contribution is -2.81. The summed E-state index contributed by atoms with van der Waals surface area (Å²) in [4.78, 5) is 0. The van der Waals surface area contributed by atoms with Gasteiger partial charge < -0.3 is 21.8 Å². The van der Waals surface area contributed by atoms with Crippen molar-refractivity contribution < 1.29 is 21.8 Å². The zero-order valence-electron chi connectivity index (χ0n) is 25.2. The van der Waals surface area contributed by atoms with Crippen molar-refractivity contribution in [3.8, 4) is 0 Å². The van der Waals surface area contributed by atoms with Crippen LogP contribution in [-0.2, 0) is 21.8 Å². The van der Waals surface area contributed by atoms with E-state index in [0.29, 0.717) is 0 Å². The molecule has 1 fully saturated rings. The van der Waals surface area contributed by atoms with Crippen molar-refractivity contribution in [2.45, 2.75) is 13.5 Å². The molecular formula is C32H38O5Si5. The second kappa shape index (κ2) is 11.9. The molecule has 1 saturated heterocycles. The molecule has 216 valence electrons. The highest BCUT2D eigenvalue weighted by Gasteiger charge is 2.68. The van der Waals surface area contributed by atoms with Gasteiger partial charge in [0.05, 0.1) is 8.55 Å². The van der Waals surface area contributed by atoms with Crippen molar-refractivity contribution in [1.82, 2.24) is 0 Å². The summed E-state index contributed by atoms with van der Waals surface area (Å²) in [7, 11) is 0.576. The highest BCUT2D eigenvalue weighted by molar-refractivity contribution is 7.73. The fourth-order valence-electron chi connectivity index (χ4n) is 6.67. The molecule has 0 N–H and O–H groups in total. The van der Waals surface area contributed by atoms with Gasteiger partial charge in [-0.25, -0.2) is 0 Å². The number of fused-ring (bicyclic) bond motifs is 6. The normalized spacial score (nSPS) is 21.4. The fourth-order valence-corrected chi connectivity index (χ4v) is 90.8. The predicted octanol–water partition coefficient (Wildman–Crippen LogP) is 5.42. The maximum atomic E-state index is 6.03. The largest absolute Gasteiger partial charge is 0.444 e. The Kier molecular flexibility index (Phi) is 8.37. The maximum Gasteiger partial charge on any atom is 0.386 e. The van der Waals surface area contributed by atoms with Crippen molar-refractivity contribution in [1.29, 1.82) is 0 Å². The standard InChI is InChI=1S/C27H18.C5H20O5Si5/c1-17-24-9-5-4-8-20(24)13-23-16-27-22(15-25(17)23)11-10-21-12-18-6-2-3-7-19(18)14-26(21)27;1-6-13-12-11-10-14(5,7-2)15(13,8-3)9-4/h2-16H,1H3;13H,11-12H2,1-5H3. The second-order valence-corrected chi connectivity index (χ2v) is 42.7. The first kappa shape index (κ1) is 29.6. The van der Waals surface area contributed by atoms with Gasteiger partial charge in [-0.2, -0.15) is 0 Å². The molecule has 0 saturated carbocycles. The molecule has 0 aromatic heterocycles. The van der Waals surface area contributed by atoms with E-state index in [4.69, 9.17) is 21.8 Å². The quantitative estimate of drug-likeness (QED) is 0.146. The third-order valence-electron chi connectivity index (χ3n) is 9.05. The second-order valence-electron chi connectivity index (χ2n) is 11.1. The molecule has 1 heterocycles. The number of hydrogen-bond donors (Lipinski definition) is 0. The summed E-state index contributed by atoms with van der Waals surface area (Å²) in [5.74, 6) is 0. The smallest absolute Gasteiger partial charge is 0.386 e. The van der Waals surface area contributed by atoms with Gasteiger partial charge >= 0.3 is 15.7 Å². The highest BCUT2D eigenvalue weighted by Crippen LogP contribution is 2.35. The molecule has 10 heteroatoms. The van der Waals surface area contributed by atoms with E-state index in [1.54, 1.807) is 28.4 Å². The molecule has 6 aromatic rings. The van der Waals surface area contributed by atoms with E-state index in [2.05, 4.69) is 104 Å². The maximum absolute atomic E-state index is 6.03. The summed E-state index contributed by atoms with van der Waals surface area (Å²) in [5, 5.41) is 13.2. The molecular weight excluding hydrogens is 605 g/mol. The van der Waals surface area contributed by atoms with Crippen LogP contribution in [0.5, 0.6) is 0 Å². The molecule has 6 aromatic carbocycles. The lowest BCUT2D eigenvalue weighted by atomic mass is 9.92. The number of aryl methyl sites for hydroxylation is 1. The molecule has 7 rings (SSSR count). The lowest BCUT2D eigenvalue weighted by Gasteiger charge is -2.46. The van der Waals surface area contributed by atoms with E-state index in [9.17, 15) is 0 Å². The topological polar surface area (TPSA) is 46.2 Å². The van der Waals surface area contributed by atoms with E-state index >= 15 is 0 Å². The Balaban J connectivity index is 0.000000181. The Labute approximate surface area is 254 Å². The van der Waals surface area contributed by atoms with Gasteiger partial charge in [0.2, 0.25) is 8.08 Å². The Morgan fingerprint density at radius 2 is 1.12 bits per heavy atom. The van der Waals surface area contributed by atoms with Crippen LogP contribution >= 0.6 is 0 Å². The number of hydrogen-bond acceptors (Lipinski definition) is 5. The summed E-state index contributed by atoms with van der Waals surface area (Å²) in [6, 6.07) is 33.5. The van der Waals surface area contributed by atoms with Gasteiger partial charge in [0.15, 0.2) is 0 Å². The van der Waals surface area contributed by atoms with Crippen molar-refractivity contribution in [2.75, 3.05) is 28.4 Å². The van der Waals surface area contributed by atoms with Crippen LogP contribution in [0.15, 0.2) is 91.0 Å². The first-order valence-electron chi connectivity index (χ1n) is 14.4. The summed E-state index contributed by atoms with van der Waals surface area (Å²) < 4.78 is 28.9. The molecule has 42 heavy (non-hydrogen) atoms. The lowest BCUT2D eigenvalue weighted by molar-refractivity contribution is 0.238. The monoisotopic (exact) mass is 642 g/mol. The van der Waals surface area contributed by atoms with E-state index < -0.39 is 23.7 Å². The Bertz CT molecular complexity index is 1930. The van der Waals surface area contributed by atoms with Gasteiger partial charge in [-0.3, -0.25) is 0 Å². The molecule has 0 radical (unpaired) electrons. The van der Waals surface area contributed by atoms with E-state index in [-0.39, 0.29) is 17.8 Å². The van der Waals surface area contributed by atoms with Gasteiger partial charge in [-0.1, -0.05) is 60.7 Å². The Morgan fingerprint density at radius 1 is 0.595 bits per heavy atom. The first-order chi connectivity index (χ1) is 20.4.